The Balaban J connectivity index is 1.81. The van der Waals surface area contributed by atoms with Crippen LogP contribution < -0.4 is 5.32 Å². The number of carbonyl (C=O) groups excluding carboxylic acids is 1. The number of fused-ring (bicyclic) bond motifs is 1. The van der Waals surface area contributed by atoms with Crippen LogP contribution in [0, 0.1) is 0 Å². The minimum absolute atomic E-state index is 0.143. The largest absolute Gasteiger partial charge is 0.384 e. The van der Waals surface area contributed by atoms with Crippen molar-refractivity contribution >= 4 is 38.3 Å². The summed E-state index contributed by atoms with van der Waals surface area (Å²) < 4.78 is 32.5. The molecular formula is C17H20ClN3O4S. The van der Waals surface area contributed by atoms with E-state index in [2.05, 4.69) is 10.3 Å². The van der Waals surface area contributed by atoms with Gasteiger partial charge in [0.25, 0.3) is 0 Å². The number of sulfonamides is 1. The van der Waals surface area contributed by atoms with E-state index in [4.69, 9.17) is 16.3 Å². The van der Waals surface area contributed by atoms with E-state index >= 15 is 0 Å². The van der Waals surface area contributed by atoms with Crippen molar-refractivity contribution in [1.29, 1.82) is 0 Å². The van der Waals surface area contributed by atoms with Gasteiger partial charge in [0, 0.05) is 55.8 Å². The molecule has 1 saturated heterocycles. The molecule has 0 aliphatic carbocycles. The van der Waals surface area contributed by atoms with Gasteiger partial charge >= 0.3 is 0 Å². The zero-order chi connectivity index (χ0) is 18.7. The lowest BCUT2D eigenvalue weighted by Gasteiger charge is -2.18. The highest BCUT2D eigenvalue weighted by molar-refractivity contribution is 7.89. The van der Waals surface area contributed by atoms with Crippen molar-refractivity contribution in [3.05, 3.63) is 35.6 Å². The van der Waals surface area contributed by atoms with Crippen molar-refractivity contribution in [2.24, 2.45) is 0 Å². The molecule has 1 aliphatic rings. The van der Waals surface area contributed by atoms with Gasteiger partial charge in [0.15, 0.2) is 0 Å². The van der Waals surface area contributed by atoms with Crippen LogP contribution in [0.5, 0.6) is 0 Å². The molecule has 2 aromatic rings. The molecule has 1 aliphatic heterocycles. The third-order valence-electron chi connectivity index (χ3n) is 4.37. The van der Waals surface area contributed by atoms with Crippen molar-refractivity contribution in [3.63, 3.8) is 0 Å². The van der Waals surface area contributed by atoms with Crippen LogP contribution in [0.1, 0.15) is 12.8 Å². The van der Waals surface area contributed by atoms with Gasteiger partial charge < -0.3 is 10.1 Å². The van der Waals surface area contributed by atoms with E-state index < -0.39 is 10.0 Å². The van der Waals surface area contributed by atoms with Gasteiger partial charge in [-0.1, -0.05) is 23.7 Å². The van der Waals surface area contributed by atoms with E-state index in [0.717, 1.165) is 0 Å². The van der Waals surface area contributed by atoms with Crippen LogP contribution >= 0.6 is 11.6 Å². The Kier molecular flexibility index (Phi) is 5.76. The van der Waals surface area contributed by atoms with Crippen LogP contribution in [0.3, 0.4) is 0 Å². The lowest BCUT2D eigenvalue weighted by Crippen LogP contribution is -2.38. The SMILES string of the molecule is COCCC(=O)N[C@@H]1CCN(S(=O)(=O)c2cccc3cncc(Cl)c23)C1. The molecule has 1 atom stereocenters. The standard InChI is InChI=1S/C17H20ClN3O4S/c1-25-8-6-16(22)20-13-5-7-21(11-13)26(23,24)15-4-2-3-12-9-19-10-14(18)17(12)15/h2-4,9-10,13H,5-8,11H2,1H3,(H,20,22)/t13-/m1/s1. The number of amides is 1. The van der Waals surface area contributed by atoms with Gasteiger partial charge in [-0.2, -0.15) is 4.31 Å². The number of methoxy groups -OCH3 is 1. The Bertz CT molecular complexity index is 914. The third-order valence-corrected chi connectivity index (χ3v) is 6.56. The Labute approximate surface area is 157 Å². The van der Waals surface area contributed by atoms with E-state index in [1.807, 2.05) is 0 Å². The quantitative estimate of drug-likeness (QED) is 0.802. The predicted molar refractivity (Wildman–Crippen MR) is 98.6 cm³/mol. The second-order valence-corrected chi connectivity index (χ2v) is 8.45. The van der Waals surface area contributed by atoms with E-state index in [9.17, 15) is 13.2 Å². The fourth-order valence-corrected chi connectivity index (χ4v) is 5.13. The number of pyridine rings is 1. The van der Waals surface area contributed by atoms with Crippen molar-refractivity contribution < 1.29 is 17.9 Å². The molecule has 1 amide bonds. The van der Waals surface area contributed by atoms with Crippen LogP contribution in [0.15, 0.2) is 35.5 Å². The highest BCUT2D eigenvalue weighted by atomic mass is 35.5. The van der Waals surface area contributed by atoms with Crippen LogP contribution in [0.25, 0.3) is 10.8 Å². The summed E-state index contributed by atoms with van der Waals surface area (Å²) in [5.41, 5.74) is 0. The monoisotopic (exact) mass is 397 g/mol. The second kappa shape index (κ2) is 7.87. The molecule has 1 aromatic carbocycles. The van der Waals surface area contributed by atoms with Crippen molar-refractivity contribution in [3.8, 4) is 0 Å². The predicted octanol–water partition coefficient (Wildman–Crippen LogP) is 1.80. The molecule has 2 heterocycles. The molecule has 0 spiro atoms. The maximum atomic E-state index is 13.1. The first-order valence-corrected chi connectivity index (χ1v) is 10.1. The van der Waals surface area contributed by atoms with Gasteiger partial charge in [0.05, 0.1) is 16.5 Å². The summed E-state index contributed by atoms with van der Waals surface area (Å²) in [6, 6.07) is 4.79. The van der Waals surface area contributed by atoms with Gasteiger partial charge in [0.1, 0.15) is 0 Å². The second-order valence-electron chi connectivity index (χ2n) is 6.13. The summed E-state index contributed by atoms with van der Waals surface area (Å²) in [6.45, 7) is 0.917. The summed E-state index contributed by atoms with van der Waals surface area (Å²) in [6.07, 6.45) is 3.85. The number of halogens is 1. The summed E-state index contributed by atoms with van der Waals surface area (Å²) in [4.78, 5) is 16.0. The van der Waals surface area contributed by atoms with Crippen molar-refractivity contribution in [2.75, 3.05) is 26.8 Å². The lowest BCUT2D eigenvalue weighted by molar-refractivity contribution is -0.122. The average Bonchev–Trinajstić information content (AvgIpc) is 3.09. The van der Waals surface area contributed by atoms with Crippen LogP contribution in [-0.4, -0.2) is 56.5 Å². The molecule has 26 heavy (non-hydrogen) atoms. The van der Waals surface area contributed by atoms with Gasteiger partial charge in [-0.15, -0.1) is 0 Å². The highest BCUT2D eigenvalue weighted by Crippen LogP contribution is 2.32. The number of carbonyl (C=O) groups is 1. The van der Waals surface area contributed by atoms with E-state index in [0.29, 0.717) is 35.4 Å². The molecule has 1 aromatic heterocycles. The van der Waals surface area contributed by atoms with Gasteiger partial charge in [0.2, 0.25) is 15.9 Å². The van der Waals surface area contributed by atoms with Crippen molar-refractivity contribution in [2.45, 2.75) is 23.8 Å². The zero-order valence-corrected chi connectivity index (χ0v) is 15.9. The van der Waals surface area contributed by atoms with Crippen LogP contribution in [0.2, 0.25) is 5.02 Å². The molecule has 3 rings (SSSR count). The Morgan fingerprint density at radius 1 is 1.42 bits per heavy atom. The molecule has 140 valence electrons. The number of rotatable bonds is 6. The fraction of sp³-hybridized carbons (Fsp3) is 0.412. The summed E-state index contributed by atoms with van der Waals surface area (Å²) in [5, 5.41) is 4.29. The smallest absolute Gasteiger partial charge is 0.243 e. The first-order valence-electron chi connectivity index (χ1n) is 8.24. The summed E-state index contributed by atoms with van der Waals surface area (Å²) in [5.74, 6) is -0.143. The molecule has 7 nitrogen and oxygen atoms in total. The van der Waals surface area contributed by atoms with Crippen LogP contribution in [0.4, 0.5) is 0 Å². The Morgan fingerprint density at radius 2 is 2.23 bits per heavy atom. The fourth-order valence-electron chi connectivity index (χ4n) is 3.07. The lowest BCUT2D eigenvalue weighted by atomic mass is 10.2. The Morgan fingerprint density at radius 3 is 3.00 bits per heavy atom. The van der Waals surface area contributed by atoms with E-state index in [-0.39, 0.29) is 29.8 Å². The van der Waals surface area contributed by atoms with E-state index in [1.165, 1.54) is 17.6 Å². The number of nitrogens with zero attached hydrogens (tertiary/aromatic N) is 2. The summed E-state index contributed by atoms with van der Waals surface area (Å²) in [7, 11) is -2.20. The summed E-state index contributed by atoms with van der Waals surface area (Å²) >= 11 is 6.21. The number of hydrogen-bond acceptors (Lipinski definition) is 5. The first-order chi connectivity index (χ1) is 12.4. The number of aromatic nitrogens is 1. The molecule has 0 saturated carbocycles. The molecule has 0 unspecified atom stereocenters. The Hall–Kier alpha value is -1.74. The maximum absolute atomic E-state index is 13.1. The number of benzene rings is 1. The molecule has 1 fully saturated rings. The normalized spacial score (nSPS) is 18.3. The number of hydrogen-bond donors (Lipinski definition) is 1. The number of nitrogens with one attached hydrogen (secondary N) is 1. The minimum atomic E-state index is -3.73. The maximum Gasteiger partial charge on any atom is 0.243 e. The van der Waals surface area contributed by atoms with Crippen molar-refractivity contribution in [1.82, 2.24) is 14.6 Å². The molecule has 1 N–H and O–H groups in total. The number of ether oxygens (including phenoxy) is 1. The van der Waals surface area contributed by atoms with Gasteiger partial charge in [-0.3, -0.25) is 9.78 Å². The molecule has 9 heteroatoms. The molecular weight excluding hydrogens is 378 g/mol. The zero-order valence-electron chi connectivity index (χ0n) is 14.3. The minimum Gasteiger partial charge on any atom is -0.384 e. The molecule has 0 radical (unpaired) electrons. The van der Waals surface area contributed by atoms with Gasteiger partial charge in [-0.25, -0.2) is 8.42 Å². The third kappa shape index (κ3) is 3.83. The van der Waals surface area contributed by atoms with Gasteiger partial charge in [-0.05, 0) is 12.5 Å². The van der Waals surface area contributed by atoms with E-state index in [1.54, 1.807) is 24.4 Å². The molecule has 0 bridgehead atoms. The average molecular weight is 398 g/mol. The topological polar surface area (TPSA) is 88.6 Å². The first kappa shape index (κ1) is 19.0. The highest BCUT2D eigenvalue weighted by Gasteiger charge is 2.34. The van der Waals surface area contributed by atoms with Crippen LogP contribution in [-0.2, 0) is 19.6 Å².